The maximum atomic E-state index is 10.9. The monoisotopic (exact) mass is 253 g/mol. The molecule has 1 aromatic heterocycles. The summed E-state index contributed by atoms with van der Waals surface area (Å²) in [6.45, 7) is 1.37. The highest BCUT2D eigenvalue weighted by Crippen LogP contribution is 2.23. The Kier molecular flexibility index (Phi) is 3.63. The van der Waals surface area contributed by atoms with Crippen LogP contribution in [-0.2, 0) is 4.74 Å². The molecule has 18 heavy (non-hydrogen) atoms. The van der Waals surface area contributed by atoms with E-state index < -0.39 is 5.97 Å². The van der Waals surface area contributed by atoms with Crippen LogP contribution in [0.4, 0.5) is 11.5 Å². The summed E-state index contributed by atoms with van der Waals surface area (Å²) in [5.74, 6) is -0.667. The van der Waals surface area contributed by atoms with Gasteiger partial charge >= 0.3 is 5.97 Å². The lowest BCUT2D eigenvalue weighted by atomic mass is 10.2. The predicted molar refractivity (Wildman–Crippen MR) is 64.6 cm³/mol. The van der Waals surface area contributed by atoms with Crippen LogP contribution in [0.5, 0.6) is 0 Å². The average Bonchev–Trinajstić information content (AvgIpc) is 2.39. The number of aromatic carboxylic acids is 1. The van der Waals surface area contributed by atoms with Gasteiger partial charge in [-0.1, -0.05) is 0 Å². The van der Waals surface area contributed by atoms with Gasteiger partial charge in [0.2, 0.25) is 0 Å². The van der Waals surface area contributed by atoms with Crippen LogP contribution in [-0.4, -0.2) is 53.6 Å². The SMILES string of the molecule is Nc1ccc(C(=O)O)nc1N1CCOC(CO)C1. The van der Waals surface area contributed by atoms with Gasteiger partial charge < -0.3 is 25.6 Å². The molecule has 1 aliphatic heterocycles. The number of aliphatic hydroxyl groups excluding tert-OH is 1. The molecule has 0 amide bonds. The largest absolute Gasteiger partial charge is 0.477 e. The summed E-state index contributed by atoms with van der Waals surface area (Å²) in [6.07, 6.45) is -0.298. The number of nitrogens with two attached hydrogens (primary N) is 1. The van der Waals surface area contributed by atoms with Gasteiger partial charge in [-0.15, -0.1) is 0 Å². The Labute approximate surface area is 104 Å². The normalized spacial score (nSPS) is 19.8. The van der Waals surface area contributed by atoms with Crippen molar-refractivity contribution in [1.82, 2.24) is 4.98 Å². The Balaban J connectivity index is 2.26. The molecule has 98 valence electrons. The third kappa shape index (κ3) is 2.52. The van der Waals surface area contributed by atoms with Crippen LogP contribution in [0.3, 0.4) is 0 Å². The number of nitrogens with zero attached hydrogens (tertiary/aromatic N) is 2. The summed E-state index contributed by atoms with van der Waals surface area (Å²) < 4.78 is 5.32. The first-order chi connectivity index (χ1) is 8.61. The molecule has 4 N–H and O–H groups in total. The topological polar surface area (TPSA) is 109 Å². The van der Waals surface area contributed by atoms with Gasteiger partial charge in [0.15, 0.2) is 11.5 Å². The first kappa shape index (κ1) is 12.6. The van der Waals surface area contributed by atoms with Crippen molar-refractivity contribution in [3.63, 3.8) is 0 Å². The number of rotatable bonds is 3. The van der Waals surface area contributed by atoms with Crippen molar-refractivity contribution in [2.75, 3.05) is 36.9 Å². The van der Waals surface area contributed by atoms with E-state index in [-0.39, 0.29) is 18.4 Å². The van der Waals surface area contributed by atoms with Gasteiger partial charge in [0, 0.05) is 13.1 Å². The summed E-state index contributed by atoms with van der Waals surface area (Å²) in [5.41, 5.74) is 6.17. The summed E-state index contributed by atoms with van der Waals surface area (Å²) in [5, 5.41) is 18.0. The molecule has 7 heteroatoms. The molecule has 0 radical (unpaired) electrons. The van der Waals surface area contributed by atoms with E-state index in [9.17, 15) is 4.79 Å². The molecular formula is C11H15N3O4. The van der Waals surface area contributed by atoms with Crippen LogP contribution in [0, 0.1) is 0 Å². The number of hydrogen-bond acceptors (Lipinski definition) is 6. The van der Waals surface area contributed by atoms with E-state index in [4.69, 9.17) is 20.7 Å². The standard InChI is InChI=1S/C11H15N3O4/c12-8-1-2-9(11(16)17)13-10(8)14-3-4-18-7(5-14)6-15/h1-2,7,15H,3-6,12H2,(H,16,17). The molecule has 0 aromatic carbocycles. The van der Waals surface area contributed by atoms with E-state index in [0.717, 1.165) is 0 Å². The van der Waals surface area contributed by atoms with Gasteiger partial charge in [-0.2, -0.15) is 0 Å². The first-order valence-corrected chi connectivity index (χ1v) is 5.59. The molecular weight excluding hydrogens is 238 g/mol. The quantitative estimate of drug-likeness (QED) is 0.670. The van der Waals surface area contributed by atoms with Gasteiger partial charge in [-0.05, 0) is 12.1 Å². The number of pyridine rings is 1. The number of morpholine rings is 1. The molecule has 0 aliphatic carbocycles. The van der Waals surface area contributed by atoms with Gasteiger partial charge in [0.1, 0.15) is 0 Å². The van der Waals surface area contributed by atoms with Crippen molar-refractivity contribution in [2.45, 2.75) is 6.10 Å². The number of carboxylic acids is 1. The zero-order valence-electron chi connectivity index (χ0n) is 9.74. The van der Waals surface area contributed by atoms with Gasteiger partial charge in [0.05, 0.1) is 25.0 Å². The minimum absolute atomic E-state index is 0.0498. The lowest BCUT2D eigenvalue weighted by molar-refractivity contribution is 0.00339. The van der Waals surface area contributed by atoms with Crippen molar-refractivity contribution in [2.24, 2.45) is 0 Å². The maximum absolute atomic E-state index is 10.9. The number of ether oxygens (including phenoxy) is 1. The summed E-state index contributed by atoms with van der Waals surface area (Å²) in [4.78, 5) is 16.7. The molecule has 1 aromatic rings. The Morgan fingerprint density at radius 1 is 1.61 bits per heavy atom. The zero-order valence-corrected chi connectivity index (χ0v) is 9.74. The first-order valence-electron chi connectivity index (χ1n) is 5.59. The lowest BCUT2D eigenvalue weighted by Gasteiger charge is -2.33. The van der Waals surface area contributed by atoms with E-state index in [1.807, 2.05) is 4.90 Å². The third-order valence-corrected chi connectivity index (χ3v) is 2.77. The van der Waals surface area contributed by atoms with Crippen molar-refractivity contribution in [3.8, 4) is 0 Å². The minimum Gasteiger partial charge on any atom is -0.477 e. The fourth-order valence-electron chi connectivity index (χ4n) is 1.85. The molecule has 1 atom stereocenters. The van der Waals surface area contributed by atoms with Crippen LogP contribution >= 0.6 is 0 Å². The van der Waals surface area contributed by atoms with Crippen LogP contribution in [0.2, 0.25) is 0 Å². The molecule has 1 aliphatic rings. The summed E-state index contributed by atoms with van der Waals surface area (Å²) in [6, 6.07) is 2.89. The lowest BCUT2D eigenvalue weighted by Crippen LogP contribution is -2.44. The summed E-state index contributed by atoms with van der Waals surface area (Å²) >= 11 is 0. The van der Waals surface area contributed by atoms with Crippen molar-refractivity contribution >= 4 is 17.5 Å². The van der Waals surface area contributed by atoms with E-state index in [1.165, 1.54) is 12.1 Å². The van der Waals surface area contributed by atoms with Gasteiger partial charge in [-0.3, -0.25) is 0 Å². The minimum atomic E-state index is -1.09. The molecule has 0 saturated carbocycles. The van der Waals surface area contributed by atoms with E-state index in [1.54, 1.807) is 0 Å². The second kappa shape index (κ2) is 5.19. The smallest absolute Gasteiger partial charge is 0.354 e. The number of hydrogen-bond donors (Lipinski definition) is 3. The number of aliphatic hydroxyl groups is 1. The van der Waals surface area contributed by atoms with Crippen molar-refractivity contribution in [3.05, 3.63) is 17.8 Å². The number of anilines is 2. The molecule has 0 spiro atoms. The molecule has 1 unspecified atom stereocenters. The highest BCUT2D eigenvalue weighted by Gasteiger charge is 2.23. The van der Waals surface area contributed by atoms with Gasteiger partial charge in [0.25, 0.3) is 0 Å². The number of aromatic nitrogens is 1. The number of carbonyl (C=O) groups is 1. The Bertz CT molecular complexity index is 452. The van der Waals surface area contributed by atoms with Gasteiger partial charge in [-0.25, -0.2) is 9.78 Å². The molecule has 1 fully saturated rings. The number of nitrogen functional groups attached to an aromatic ring is 1. The number of carboxylic acid groups (broad SMARTS) is 1. The fourth-order valence-corrected chi connectivity index (χ4v) is 1.85. The molecule has 1 saturated heterocycles. The summed E-state index contributed by atoms with van der Waals surface area (Å²) in [7, 11) is 0. The third-order valence-electron chi connectivity index (χ3n) is 2.77. The molecule has 2 heterocycles. The predicted octanol–water partition coefficient (Wildman–Crippen LogP) is -0.441. The maximum Gasteiger partial charge on any atom is 0.354 e. The average molecular weight is 253 g/mol. The second-order valence-electron chi connectivity index (χ2n) is 4.04. The zero-order chi connectivity index (χ0) is 13.1. The highest BCUT2D eigenvalue weighted by atomic mass is 16.5. The van der Waals surface area contributed by atoms with E-state index in [2.05, 4.69) is 4.98 Å². The Hall–Kier alpha value is -1.86. The van der Waals surface area contributed by atoms with Crippen molar-refractivity contribution < 1.29 is 19.7 Å². The highest BCUT2D eigenvalue weighted by molar-refractivity contribution is 5.87. The molecule has 7 nitrogen and oxygen atoms in total. The fraction of sp³-hybridized carbons (Fsp3) is 0.455. The Morgan fingerprint density at radius 3 is 3.06 bits per heavy atom. The molecule has 0 bridgehead atoms. The van der Waals surface area contributed by atoms with Crippen LogP contribution in [0.25, 0.3) is 0 Å². The van der Waals surface area contributed by atoms with Crippen LogP contribution in [0.15, 0.2) is 12.1 Å². The van der Waals surface area contributed by atoms with Crippen LogP contribution in [0.1, 0.15) is 10.5 Å². The van der Waals surface area contributed by atoms with Crippen LogP contribution < -0.4 is 10.6 Å². The molecule has 2 rings (SSSR count). The second-order valence-corrected chi connectivity index (χ2v) is 4.04. The van der Waals surface area contributed by atoms with E-state index in [0.29, 0.717) is 31.2 Å². The van der Waals surface area contributed by atoms with Crippen molar-refractivity contribution in [1.29, 1.82) is 0 Å². The van der Waals surface area contributed by atoms with E-state index >= 15 is 0 Å². The Morgan fingerprint density at radius 2 is 2.39 bits per heavy atom.